The van der Waals surface area contributed by atoms with Crippen LogP contribution >= 0.6 is 11.3 Å². The molecule has 1 aromatic heterocycles. The van der Waals surface area contributed by atoms with Gasteiger partial charge in [-0.05, 0) is 48.2 Å². The fraction of sp³-hybridized carbons (Fsp3) is 0.167. The van der Waals surface area contributed by atoms with Gasteiger partial charge >= 0.3 is 5.97 Å². The summed E-state index contributed by atoms with van der Waals surface area (Å²) in [7, 11) is 0. The lowest BCUT2D eigenvalue weighted by Crippen LogP contribution is -2.20. The van der Waals surface area contributed by atoms with Crippen molar-refractivity contribution < 1.29 is 19.0 Å². The van der Waals surface area contributed by atoms with Crippen LogP contribution in [0.25, 0.3) is 0 Å². The minimum atomic E-state index is -0.492. The summed E-state index contributed by atoms with van der Waals surface area (Å²) in [6.45, 7) is 2.65. The monoisotopic (exact) mass is 432 g/mol. The van der Waals surface area contributed by atoms with E-state index in [1.807, 2.05) is 24.4 Å². The van der Waals surface area contributed by atoms with E-state index in [1.165, 1.54) is 0 Å². The maximum atomic E-state index is 12.5. The summed E-state index contributed by atoms with van der Waals surface area (Å²) in [4.78, 5) is 13.5. The van der Waals surface area contributed by atoms with Crippen LogP contribution < -0.4 is 19.9 Å². The molecule has 156 valence electrons. The molecule has 1 unspecified atom stereocenters. The van der Waals surface area contributed by atoms with Crippen molar-refractivity contribution in [2.75, 3.05) is 6.61 Å². The van der Waals surface area contributed by atoms with Crippen LogP contribution in [0.2, 0.25) is 0 Å². The topological polar surface area (TPSA) is 94.6 Å². The third kappa shape index (κ3) is 4.25. The third-order valence-electron chi connectivity index (χ3n) is 4.79. The molecule has 31 heavy (non-hydrogen) atoms. The van der Waals surface area contributed by atoms with E-state index in [1.54, 1.807) is 53.8 Å². The predicted octanol–water partition coefficient (Wildman–Crippen LogP) is 4.97. The Balaban J connectivity index is 1.56. The molecule has 1 atom stereocenters. The molecule has 0 fully saturated rings. The fourth-order valence-electron chi connectivity index (χ4n) is 3.32. The lowest BCUT2D eigenvalue weighted by atomic mass is 9.88. The third-order valence-corrected chi connectivity index (χ3v) is 5.73. The van der Waals surface area contributed by atoms with Gasteiger partial charge in [-0.15, -0.1) is 11.3 Å². The first-order valence-corrected chi connectivity index (χ1v) is 10.7. The number of nitrogens with two attached hydrogens (primary N) is 1. The van der Waals surface area contributed by atoms with Crippen LogP contribution in [0.3, 0.4) is 0 Å². The van der Waals surface area contributed by atoms with Crippen molar-refractivity contribution in [3.05, 3.63) is 87.4 Å². The van der Waals surface area contributed by atoms with Gasteiger partial charge in [-0.1, -0.05) is 19.1 Å². The quantitative estimate of drug-likeness (QED) is 0.436. The van der Waals surface area contributed by atoms with Gasteiger partial charge in [-0.25, -0.2) is 4.79 Å². The van der Waals surface area contributed by atoms with Crippen molar-refractivity contribution in [1.29, 1.82) is 5.26 Å². The van der Waals surface area contributed by atoms with E-state index in [-0.39, 0.29) is 11.8 Å². The highest BCUT2D eigenvalue weighted by atomic mass is 32.1. The van der Waals surface area contributed by atoms with E-state index in [0.29, 0.717) is 35.0 Å². The van der Waals surface area contributed by atoms with Gasteiger partial charge in [0.25, 0.3) is 0 Å². The summed E-state index contributed by atoms with van der Waals surface area (Å²) in [5.41, 5.74) is 7.58. The Morgan fingerprint density at radius 1 is 1.19 bits per heavy atom. The molecule has 0 radical (unpaired) electrons. The van der Waals surface area contributed by atoms with Crippen LogP contribution in [0.5, 0.6) is 17.2 Å². The standard InChI is InChI=1S/C24H20N2O4S/c1-2-11-28-16-7-5-15(6-8-16)24(27)29-17-9-10-18-20(13-17)30-23(26)19(14-25)22(18)21-4-3-12-31-21/h3-10,12-13,22H,2,11,26H2,1H3. The zero-order valence-corrected chi connectivity index (χ0v) is 17.6. The van der Waals surface area contributed by atoms with Crippen molar-refractivity contribution >= 4 is 17.3 Å². The normalized spacial score (nSPS) is 14.9. The SMILES string of the molecule is CCCOc1ccc(C(=O)Oc2ccc3c(c2)OC(N)=C(C#N)C3c2cccs2)cc1. The number of ether oxygens (including phenoxy) is 3. The summed E-state index contributed by atoms with van der Waals surface area (Å²) in [6.07, 6.45) is 0.910. The summed E-state index contributed by atoms with van der Waals surface area (Å²) >= 11 is 1.54. The number of carbonyl (C=O) groups is 1. The molecule has 0 amide bonds. The number of nitrogens with zero attached hydrogens (tertiary/aromatic N) is 1. The van der Waals surface area contributed by atoms with Crippen molar-refractivity contribution in [3.8, 4) is 23.3 Å². The number of thiophene rings is 1. The van der Waals surface area contributed by atoms with Gasteiger partial charge in [0.15, 0.2) is 0 Å². The Morgan fingerprint density at radius 3 is 2.65 bits per heavy atom. The number of hydrogen-bond acceptors (Lipinski definition) is 7. The second-order valence-electron chi connectivity index (χ2n) is 6.90. The Labute approximate surface area is 184 Å². The molecule has 6 nitrogen and oxygen atoms in total. The van der Waals surface area contributed by atoms with Crippen LogP contribution in [0.15, 0.2) is 71.4 Å². The van der Waals surface area contributed by atoms with Gasteiger partial charge in [0.2, 0.25) is 5.88 Å². The molecule has 0 aliphatic carbocycles. The predicted molar refractivity (Wildman–Crippen MR) is 117 cm³/mol. The largest absolute Gasteiger partial charge is 0.494 e. The van der Waals surface area contributed by atoms with Gasteiger partial charge in [0, 0.05) is 16.5 Å². The smallest absolute Gasteiger partial charge is 0.343 e. The van der Waals surface area contributed by atoms with Crippen LogP contribution in [-0.4, -0.2) is 12.6 Å². The zero-order chi connectivity index (χ0) is 21.8. The van der Waals surface area contributed by atoms with Crippen LogP contribution in [0, 0.1) is 11.3 Å². The lowest BCUT2D eigenvalue weighted by Gasteiger charge is -2.25. The van der Waals surface area contributed by atoms with E-state index in [2.05, 4.69) is 6.07 Å². The maximum absolute atomic E-state index is 12.5. The summed E-state index contributed by atoms with van der Waals surface area (Å²) in [5, 5.41) is 11.5. The minimum Gasteiger partial charge on any atom is -0.494 e. The lowest BCUT2D eigenvalue weighted by molar-refractivity contribution is 0.0734. The Kier molecular flexibility index (Phi) is 5.92. The van der Waals surface area contributed by atoms with E-state index >= 15 is 0 Å². The van der Waals surface area contributed by atoms with Crippen molar-refractivity contribution in [3.63, 3.8) is 0 Å². The number of hydrogen-bond donors (Lipinski definition) is 1. The van der Waals surface area contributed by atoms with E-state index in [0.717, 1.165) is 16.9 Å². The maximum Gasteiger partial charge on any atom is 0.343 e. The Bertz CT molecular complexity index is 1160. The second kappa shape index (κ2) is 8.94. The Hall–Kier alpha value is -3.76. The first-order valence-electron chi connectivity index (χ1n) is 9.80. The first-order chi connectivity index (χ1) is 15.1. The van der Waals surface area contributed by atoms with Gasteiger partial charge in [-0.2, -0.15) is 5.26 Å². The molecule has 0 saturated carbocycles. The average molecular weight is 433 g/mol. The van der Waals surface area contributed by atoms with Gasteiger partial charge < -0.3 is 19.9 Å². The number of carbonyl (C=O) groups excluding carboxylic acids is 1. The van der Waals surface area contributed by atoms with Crippen LogP contribution in [0.4, 0.5) is 0 Å². The first kappa shape index (κ1) is 20.5. The zero-order valence-electron chi connectivity index (χ0n) is 16.8. The minimum absolute atomic E-state index is 0.0551. The highest BCUT2D eigenvalue weighted by molar-refractivity contribution is 7.10. The molecule has 7 heteroatoms. The molecule has 0 saturated heterocycles. The van der Waals surface area contributed by atoms with Crippen LogP contribution in [-0.2, 0) is 0 Å². The number of esters is 1. The summed E-state index contributed by atoms with van der Waals surface area (Å²) in [5.74, 6) is 0.745. The van der Waals surface area contributed by atoms with Gasteiger partial charge in [0.05, 0.1) is 18.1 Å². The highest BCUT2D eigenvalue weighted by Crippen LogP contribution is 2.44. The molecular weight excluding hydrogens is 412 g/mol. The number of benzene rings is 2. The average Bonchev–Trinajstić information content (AvgIpc) is 3.31. The molecule has 0 spiro atoms. The summed E-state index contributed by atoms with van der Waals surface area (Å²) in [6, 6.07) is 17.9. The number of rotatable bonds is 6. The van der Waals surface area contributed by atoms with Crippen molar-refractivity contribution in [1.82, 2.24) is 0 Å². The van der Waals surface area contributed by atoms with Crippen LogP contribution in [0.1, 0.15) is 40.1 Å². The molecular formula is C24H20N2O4S. The number of fused-ring (bicyclic) bond motifs is 1. The molecule has 2 N–H and O–H groups in total. The molecule has 1 aliphatic heterocycles. The Morgan fingerprint density at radius 2 is 1.97 bits per heavy atom. The molecule has 0 bridgehead atoms. The van der Waals surface area contributed by atoms with Crippen molar-refractivity contribution in [2.24, 2.45) is 5.73 Å². The van der Waals surface area contributed by atoms with E-state index in [9.17, 15) is 10.1 Å². The van der Waals surface area contributed by atoms with Gasteiger partial charge in [0.1, 0.15) is 28.9 Å². The fourth-order valence-corrected chi connectivity index (χ4v) is 4.17. The second-order valence-corrected chi connectivity index (χ2v) is 7.88. The molecule has 2 heterocycles. The molecule has 4 rings (SSSR count). The van der Waals surface area contributed by atoms with E-state index in [4.69, 9.17) is 19.9 Å². The molecule has 1 aliphatic rings. The van der Waals surface area contributed by atoms with Gasteiger partial charge in [-0.3, -0.25) is 0 Å². The van der Waals surface area contributed by atoms with E-state index < -0.39 is 5.97 Å². The molecule has 2 aromatic carbocycles. The summed E-state index contributed by atoms with van der Waals surface area (Å²) < 4.78 is 16.7. The number of nitriles is 1. The molecule has 3 aromatic rings. The number of allylic oxidation sites excluding steroid dienone is 1. The highest BCUT2D eigenvalue weighted by Gasteiger charge is 2.31. The van der Waals surface area contributed by atoms with Crippen molar-refractivity contribution in [2.45, 2.75) is 19.3 Å².